The van der Waals surface area contributed by atoms with Crippen molar-refractivity contribution in [1.29, 1.82) is 0 Å². The predicted molar refractivity (Wildman–Crippen MR) is 99.9 cm³/mol. The van der Waals surface area contributed by atoms with Crippen molar-refractivity contribution in [3.63, 3.8) is 0 Å². The summed E-state index contributed by atoms with van der Waals surface area (Å²) in [6, 6.07) is 16.2. The summed E-state index contributed by atoms with van der Waals surface area (Å²) in [6.07, 6.45) is 0.555. The van der Waals surface area contributed by atoms with Crippen LogP contribution in [-0.4, -0.2) is 38.7 Å². The number of rotatable bonds is 8. The van der Waals surface area contributed by atoms with Crippen LogP contribution in [0.3, 0.4) is 0 Å². The van der Waals surface area contributed by atoms with E-state index in [-0.39, 0.29) is 24.6 Å². The van der Waals surface area contributed by atoms with Crippen molar-refractivity contribution < 1.29 is 17.9 Å². The highest BCUT2D eigenvalue weighted by atomic mass is 32.2. The Hall–Kier alpha value is -2.46. The van der Waals surface area contributed by atoms with E-state index in [9.17, 15) is 13.2 Å². The Morgan fingerprint density at radius 3 is 2.38 bits per heavy atom. The highest BCUT2D eigenvalue weighted by Gasteiger charge is 2.23. The van der Waals surface area contributed by atoms with Gasteiger partial charge in [-0.2, -0.15) is 4.31 Å². The minimum Gasteiger partial charge on any atom is -0.364 e. The lowest BCUT2D eigenvalue weighted by molar-refractivity contribution is -0.108. The first-order valence-corrected chi connectivity index (χ1v) is 9.56. The van der Waals surface area contributed by atoms with E-state index in [1.807, 2.05) is 37.3 Å². The molecule has 0 N–H and O–H groups in total. The van der Waals surface area contributed by atoms with Crippen LogP contribution in [0, 0.1) is 18.8 Å². The van der Waals surface area contributed by atoms with Crippen LogP contribution in [-0.2, 0) is 26.2 Å². The number of benzene rings is 2. The van der Waals surface area contributed by atoms with Gasteiger partial charge in [0.05, 0.1) is 24.6 Å². The summed E-state index contributed by atoms with van der Waals surface area (Å²) in [5, 5.41) is 0. The number of sulfonamides is 1. The Labute approximate surface area is 154 Å². The minimum atomic E-state index is -3.76. The number of aldehydes is 1. The molecule has 0 spiro atoms. The van der Waals surface area contributed by atoms with Crippen LogP contribution in [0.15, 0.2) is 59.5 Å². The highest BCUT2D eigenvalue weighted by Crippen LogP contribution is 2.15. The van der Waals surface area contributed by atoms with Crippen molar-refractivity contribution in [2.24, 2.45) is 0 Å². The van der Waals surface area contributed by atoms with Crippen LogP contribution in [0.1, 0.15) is 11.1 Å². The molecule has 0 bridgehead atoms. The van der Waals surface area contributed by atoms with Crippen LogP contribution >= 0.6 is 0 Å². The molecule has 26 heavy (non-hydrogen) atoms. The van der Waals surface area contributed by atoms with Gasteiger partial charge in [-0.25, -0.2) is 8.42 Å². The third-order valence-corrected chi connectivity index (χ3v) is 5.43. The molecule has 0 radical (unpaired) electrons. The summed E-state index contributed by atoms with van der Waals surface area (Å²) in [5.41, 5.74) is 2.00. The van der Waals surface area contributed by atoms with Crippen molar-refractivity contribution in [1.82, 2.24) is 4.31 Å². The second kappa shape index (κ2) is 9.88. The number of ether oxygens (including phenoxy) is 1. The zero-order valence-electron chi connectivity index (χ0n) is 14.6. The van der Waals surface area contributed by atoms with Gasteiger partial charge in [0.2, 0.25) is 10.0 Å². The zero-order chi connectivity index (χ0) is 18.8. The summed E-state index contributed by atoms with van der Waals surface area (Å²) in [6.45, 7) is 2.20. The van der Waals surface area contributed by atoms with Gasteiger partial charge in [0.1, 0.15) is 12.9 Å². The average molecular weight is 371 g/mol. The van der Waals surface area contributed by atoms with Gasteiger partial charge in [-0.15, -0.1) is 0 Å². The summed E-state index contributed by atoms with van der Waals surface area (Å²) in [5.74, 6) is 5.54. The molecule has 5 nitrogen and oxygen atoms in total. The Kier molecular flexibility index (Phi) is 7.54. The largest absolute Gasteiger partial charge is 0.364 e. The smallest absolute Gasteiger partial charge is 0.244 e. The van der Waals surface area contributed by atoms with Crippen molar-refractivity contribution in [3.8, 4) is 11.8 Å². The molecule has 0 aliphatic carbocycles. The number of nitrogens with zero attached hydrogens (tertiary/aromatic N) is 1. The first kappa shape index (κ1) is 19.9. The van der Waals surface area contributed by atoms with E-state index in [1.165, 1.54) is 12.1 Å². The van der Waals surface area contributed by atoms with Crippen molar-refractivity contribution in [2.75, 3.05) is 19.7 Å². The van der Waals surface area contributed by atoms with Gasteiger partial charge in [-0.05, 0) is 24.6 Å². The van der Waals surface area contributed by atoms with Crippen LogP contribution in [0.4, 0.5) is 0 Å². The van der Waals surface area contributed by atoms with Gasteiger partial charge in [0.25, 0.3) is 0 Å². The molecule has 0 amide bonds. The summed E-state index contributed by atoms with van der Waals surface area (Å²) in [4.78, 5) is 11.0. The Morgan fingerprint density at radius 2 is 1.73 bits per heavy atom. The first-order chi connectivity index (χ1) is 12.5. The SMILES string of the molecule is Cc1ccc(S(=O)(=O)N(CC#CCOCc2ccccc2)CC=O)cc1. The maximum atomic E-state index is 12.6. The van der Waals surface area contributed by atoms with E-state index in [2.05, 4.69) is 11.8 Å². The van der Waals surface area contributed by atoms with Crippen molar-refractivity contribution in [3.05, 3.63) is 65.7 Å². The minimum absolute atomic E-state index is 0.0658. The number of carbonyl (C=O) groups excluding carboxylic acids is 1. The summed E-state index contributed by atoms with van der Waals surface area (Å²) >= 11 is 0. The van der Waals surface area contributed by atoms with Crippen LogP contribution in [0.25, 0.3) is 0 Å². The molecule has 0 aliphatic heterocycles. The molecule has 0 heterocycles. The molecule has 0 aliphatic rings. The van der Waals surface area contributed by atoms with E-state index < -0.39 is 10.0 Å². The fourth-order valence-corrected chi connectivity index (χ4v) is 3.45. The highest BCUT2D eigenvalue weighted by molar-refractivity contribution is 7.89. The maximum absolute atomic E-state index is 12.6. The lowest BCUT2D eigenvalue weighted by atomic mass is 10.2. The van der Waals surface area contributed by atoms with E-state index in [1.54, 1.807) is 12.1 Å². The van der Waals surface area contributed by atoms with Crippen molar-refractivity contribution in [2.45, 2.75) is 18.4 Å². The summed E-state index contributed by atoms with van der Waals surface area (Å²) in [7, 11) is -3.76. The molecule has 2 rings (SSSR count). The van der Waals surface area contributed by atoms with Crippen LogP contribution in [0.5, 0.6) is 0 Å². The number of carbonyl (C=O) groups is 1. The van der Waals surface area contributed by atoms with Gasteiger partial charge < -0.3 is 9.53 Å². The average Bonchev–Trinajstić information content (AvgIpc) is 2.64. The molecule has 0 unspecified atom stereocenters. The normalized spacial score (nSPS) is 11.0. The first-order valence-electron chi connectivity index (χ1n) is 8.12. The second-order valence-corrected chi connectivity index (χ2v) is 7.55. The molecule has 0 aromatic heterocycles. The Bertz CT molecular complexity index is 866. The molecule has 0 saturated carbocycles. The maximum Gasteiger partial charge on any atom is 0.244 e. The lowest BCUT2D eigenvalue weighted by Crippen LogP contribution is -2.33. The van der Waals surface area contributed by atoms with Crippen LogP contribution in [0.2, 0.25) is 0 Å². The number of hydrogen-bond acceptors (Lipinski definition) is 4. The van der Waals surface area contributed by atoms with Crippen LogP contribution < -0.4 is 0 Å². The predicted octanol–water partition coefficient (Wildman–Crippen LogP) is 2.40. The molecular formula is C20H21NO4S. The topological polar surface area (TPSA) is 63.7 Å². The molecule has 0 fully saturated rings. The third kappa shape index (κ3) is 5.81. The molecule has 0 atom stereocenters. The van der Waals surface area contributed by atoms with E-state index in [0.717, 1.165) is 15.4 Å². The zero-order valence-corrected chi connectivity index (χ0v) is 15.4. The molecule has 6 heteroatoms. The number of hydrogen-bond donors (Lipinski definition) is 0. The Balaban J connectivity index is 1.93. The quantitative estimate of drug-likeness (QED) is 0.406. The molecular weight excluding hydrogens is 350 g/mol. The fraction of sp³-hybridized carbons (Fsp3) is 0.250. The molecule has 136 valence electrons. The van der Waals surface area contributed by atoms with E-state index >= 15 is 0 Å². The second-order valence-electron chi connectivity index (χ2n) is 5.61. The van der Waals surface area contributed by atoms with Gasteiger partial charge in [-0.1, -0.05) is 59.9 Å². The van der Waals surface area contributed by atoms with Gasteiger partial charge in [0, 0.05) is 0 Å². The molecule has 2 aromatic rings. The van der Waals surface area contributed by atoms with Crippen molar-refractivity contribution >= 4 is 16.3 Å². The molecule has 2 aromatic carbocycles. The lowest BCUT2D eigenvalue weighted by Gasteiger charge is -2.17. The summed E-state index contributed by atoms with van der Waals surface area (Å²) < 4.78 is 31.7. The Morgan fingerprint density at radius 1 is 1.04 bits per heavy atom. The third-order valence-electron chi connectivity index (χ3n) is 3.60. The van der Waals surface area contributed by atoms with Gasteiger partial charge in [-0.3, -0.25) is 0 Å². The standard InChI is InChI=1S/C20H21NO4S/c1-18-9-11-20(12-10-18)26(23,24)21(14-15-22)13-5-6-16-25-17-19-7-3-2-4-8-19/h2-4,7-12,15H,13-14,16-17H2,1H3. The molecule has 0 saturated heterocycles. The van der Waals surface area contributed by atoms with Gasteiger partial charge >= 0.3 is 0 Å². The van der Waals surface area contributed by atoms with Gasteiger partial charge in [0.15, 0.2) is 0 Å². The van der Waals surface area contributed by atoms with E-state index in [4.69, 9.17) is 4.74 Å². The number of aryl methyl sites for hydroxylation is 1. The van der Waals surface area contributed by atoms with E-state index in [0.29, 0.717) is 12.9 Å². The fourth-order valence-electron chi connectivity index (χ4n) is 2.18. The monoisotopic (exact) mass is 371 g/mol.